The highest BCUT2D eigenvalue weighted by Gasteiger charge is 2.31. The Kier molecular flexibility index (Phi) is 8.54. The van der Waals surface area contributed by atoms with Gasteiger partial charge in [0.15, 0.2) is 0 Å². The SMILES string of the molecule is CCSCC[C@H](N)C(=O)N(CP(=O)(O)O)CP(=O)(O)O. The summed E-state index contributed by atoms with van der Waals surface area (Å²) in [6, 6.07) is -1.05. The van der Waals surface area contributed by atoms with Gasteiger partial charge in [-0.1, -0.05) is 6.92 Å². The summed E-state index contributed by atoms with van der Waals surface area (Å²) in [5.41, 5.74) is 5.59. The number of nitrogens with zero attached hydrogens (tertiary/aromatic N) is 1. The standard InChI is InChI=1S/C8H20N2O7P2S/c1-2-20-4-3-7(9)8(11)10(5-18(12,13)14)6-19(15,16)17/h7H,2-6,9H2,1H3,(H2,12,13,14)(H2,15,16,17)/t7-/m0/s1. The van der Waals surface area contributed by atoms with Crippen LogP contribution < -0.4 is 5.73 Å². The van der Waals surface area contributed by atoms with Gasteiger partial charge in [-0.05, 0) is 17.9 Å². The first-order valence-electron chi connectivity index (χ1n) is 5.67. The highest BCUT2D eigenvalue weighted by molar-refractivity contribution is 7.99. The number of carbonyl (C=O) groups is 1. The van der Waals surface area contributed by atoms with Crippen LogP contribution >= 0.6 is 27.0 Å². The minimum absolute atomic E-state index is 0.260. The molecule has 0 aliphatic heterocycles. The van der Waals surface area contributed by atoms with Crippen molar-refractivity contribution in [2.45, 2.75) is 19.4 Å². The van der Waals surface area contributed by atoms with Crippen molar-refractivity contribution in [2.24, 2.45) is 5.73 Å². The van der Waals surface area contributed by atoms with Crippen LogP contribution in [0.1, 0.15) is 13.3 Å². The fourth-order valence-corrected chi connectivity index (χ4v) is 3.58. The van der Waals surface area contributed by atoms with Crippen LogP contribution in [0.15, 0.2) is 0 Å². The van der Waals surface area contributed by atoms with Crippen molar-refractivity contribution in [3.8, 4) is 0 Å². The molecule has 20 heavy (non-hydrogen) atoms. The Labute approximate surface area is 121 Å². The second-order valence-corrected chi connectivity index (χ2v) is 8.70. The van der Waals surface area contributed by atoms with E-state index < -0.39 is 39.7 Å². The first-order chi connectivity index (χ1) is 8.96. The van der Waals surface area contributed by atoms with E-state index in [-0.39, 0.29) is 6.42 Å². The van der Waals surface area contributed by atoms with Crippen molar-refractivity contribution < 1.29 is 33.5 Å². The van der Waals surface area contributed by atoms with Gasteiger partial charge in [0.25, 0.3) is 0 Å². The molecule has 0 unspecified atom stereocenters. The number of rotatable bonds is 9. The third-order valence-electron chi connectivity index (χ3n) is 2.12. The molecule has 0 aromatic carbocycles. The van der Waals surface area contributed by atoms with E-state index in [1.165, 1.54) is 11.8 Å². The summed E-state index contributed by atoms with van der Waals surface area (Å²) in [4.78, 5) is 47.7. The van der Waals surface area contributed by atoms with Crippen LogP contribution in [0, 0.1) is 0 Å². The molecule has 9 nitrogen and oxygen atoms in total. The van der Waals surface area contributed by atoms with Crippen molar-refractivity contribution in [1.29, 1.82) is 0 Å². The van der Waals surface area contributed by atoms with Crippen LogP contribution in [0.25, 0.3) is 0 Å². The van der Waals surface area contributed by atoms with E-state index in [4.69, 9.17) is 25.3 Å². The second-order valence-electron chi connectivity index (χ2n) is 4.08. The summed E-state index contributed by atoms with van der Waals surface area (Å²) >= 11 is 1.53. The molecular formula is C8H20N2O7P2S. The van der Waals surface area contributed by atoms with Gasteiger partial charge in [-0.2, -0.15) is 11.8 Å². The first kappa shape index (κ1) is 20.1. The highest BCUT2D eigenvalue weighted by atomic mass is 32.2. The van der Waals surface area contributed by atoms with Crippen LogP contribution in [0.2, 0.25) is 0 Å². The molecular weight excluding hydrogens is 330 g/mol. The van der Waals surface area contributed by atoms with Crippen molar-refractivity contribution in [3.63, 3.8) is 0 Å². The molecule has 1 amide bonds. The van der Waals surface area contributed by atoms with E-state index in [0.29, 0.717) is 10.7 Å². The van der Waals surface area contributed by atoms with Gasteiger partial charge in [0.2, 0.25) is 5.91 Å². The molecule has 0 rings (SSSR count). The molecule has 0 heterocycles. The molecule has 0 aliphatic carbocycles. The Morgan fingerprint density at radius 1 is 1.20 bits per heavy atom. The number of hydrogen-bond acceptors (Lipinski definition) is 5. The average Bonchev–Trinajstić information content (AvgIpc) is 2.23. The normalized spacial score (nSPS) is 14.1. The van der Waals surface area contributed by atoms with Gasteiger partial charge >= 0.3 is 15.2 Å². The molecule has 120 valence electrons. The quantitative estimate of drug-likeness (QED) is 0.274. The topological polar surface area (TPSA) is 161 Å². The van der Waals surface area contributed by atoms with Gasteiger partial charge in [0.05, 0.1) is 6.04 Å². The van der Waals surface area contributed by atoms with E-state index in [2.05, 4.69) is 0 Å². The summed E-state index contributed by atoms with van der Waals surface area (Å²) in [7, 11) is -9.26. The van der Waals surface area contributed by atoms with Crippen molar-refractivity contribution in [3.05, 3.63) is 0 Å². The van der Waals surface area contributed by atoms with Gasteiger partial charge < -0.3 is 30.2 Å². The Bertz CT molecular complexity index is 386. The van der Waals surface area contributed by atoms with Crippen LogP contribution in [-0.4, -0.2) is 60.5 Å². The molecule has 0 aromatic rings. The van der Waals surface area contributed by atoms with E-state index in [1.54, 1.807) is 0 Å². The number of thioether (sulfide) groups is 1. The fourth-order valence-electron chi connectivity index (χ4n) is 1.34. The van der Waals surface area contributed by atoms with Gasteiger partial charge in [0.1, 0.15) is 12.6 Å². The minimum atomic E-state index is -4.63. The highest BCUT2D eigenvalue weighted by Crippen LogP contribution is 2.41. The summed E-state index contributed by atoms with van der Waals surface area (Å²) < 4.78 is 21.8. The van der Waals surface area contributed by atoms with Gasteiger partial charge in [-0.15, -0.1) is 0 Å². The smallest absolute Gasteiger partial charge is 0.323 e. The summed E-state index contributed by atoms with van der Waals surface area (Å²) in [6.07, 6.45) is -1.87. The number of hydrogen-bond donors (Lipinski definition) is 5. The van der Waals surface area contributed by atoms with E-state index in [9.17, 15) is 13.9 Å². The Hall–Kier alpha value is 0.0800. The molecule has 0 aromatic heterocycles. The molecule has 0 bridgehead atoms. The largest absolute Gasteiger partial charge is 0.344 e. The first-order valence-corrected chi connectivity index (χ1v) is 10.4. The van der Waals surface area contributed by atoms with E-state index >= 15 is 0 Å². The predicted octanol–water partition coefficient (Wildman–Crippen LogP) is -0.444. The van der Waals surface area contributed by atoms with Crippen LogP contribution in [0.3, 0.4) is 0 Å². The molecule has 0 fully saturated rings. The molecule has 1 atom stereocenters. The van der Waals surface area contributed by atoms with Crippen LogP contribution in [0.4, 0.5) is 0 Å². The molecule has 0 saturated heterocycles. The summed E-state index contributed by atoms with van der Waals surface area (Å²) in [6.45, 7) is 1.92. The average molecular weight is 350 g/mol. The lowest BCUT2D eigenvalue weighted by Gasteiger charge is -2.26. The van der Waals surface area contributed by atoms with Crippen molar-refractivity contribution in [2.75, 3.05) is 24.1 Å². The third-order valence-corrected chi connectivity index (χ3v) is 4.47. The van der Waals surface area contributed by atoms with Crippen LogP contribution in [0.5, 0.6) is 0 Å². The lowest BCUT2D eigenvalue weighted by Crippen LogP contribution is -2.44. The molecule has 0 saturated carbocycles. The zero-order valence-electron chi connectivity index (χ0n) is 11.0. The monoisotopic (exact) mass is 350 g/mol. The number of nitrogens with two attached hydrogens (primary N) is 1. The molecule has 12 heteroatoms. The maximum atomic E-state index is 11.9. The lowest BCUT2D eigenvalue weighted by molar-refractivity contribution is -0.131. The summed E-state index contributed by atoms with van der Waals surface area (Å²) in [5, 5.41) is 0. The molecule has 0 spiro atoms. The minimum Gasteiger partial charge on any atom is -0.323 e. The van der Waals surface area contributed by atoms with E-state index in [1.807, 2.05) is 6.92 Å². The van der Waals surface area contributed by atoms with Crippen molar-refractivity contribution in [1.82, 2.24) is 4.90 Å². The predicted molar refractivity (Wildman–Crippen MR) is 76.3 cm³/mol. The molecule has 0 aliphatic rings. The van der Waals surface area contributed by atoms with Crippen molar-refractivity contribution >= 4 is 32.9 Å². The fraction of sp³-hybridized carbons (Fsp3) is 0.875. The Morgan fingerprint density at radius 3 is 2.00 bits per heavy atom. The van der Waals surface area contributed by atoms with Gasteiger partial charge in [-0.3, -0.25) is 13.9 Å². The van der Waals surface area contributed by atoms with Crippen LogP contribution in [-0.2, 0) is 13.9 Å². The Morgan fingerprint density at radius 2 is 1.65 bits per heavy atom. The zero-order chi connectivity index (χ0) is 16.0. The second kappa shape index (κ2) is 8.51. The maximum absolute atomic E-state index is 11.9. The maximum Gasteiger partial charge on any atom is 0.344 e. The zero-order valence-corrected chi connectivity index (χ0v) is 13.6. The van der Waals surface area contributed by atoms with E-state index in [0.717, 1.165) is 5.75 Å². The lowest BCUT2D eigenvalue weighted by atomic mass is 10.2. The molecule has 6 N–H and O–H groups in total. The molecule has 0 radical (unpaired) electrons. The van der Waals surface area contributed by atoms with Gasteiger partial charge in [0, 0.05) is 0 Å². The van der Waals surface area contributed by atoms with Gasteiger partial charge in [-0.25, -0.2) is 0 Å². The number of amides is 1. The third kappa shape index (κ3) is 9.90. The number of carbonyl (C=O) groups excluding carboxylic acids is 1. The summed E-state index contributed by atoms with van der Waals surface area (Å²) in [5.74, 6) is 0.520. The Balaban J connectivity index is 4.79.